The molecule has 0 N–H and O–H groups in total. The summed E-state index contributed by atoms with van der Waals surface area (Å²) in [6, 6.07) is 10.7. The minimum atomic E-state index is 0.527. The smallest absolute Gasteiger partial charge is 0.0395 e. The fourth-order valence-corrected chi connectivity index (χ4v) is 2.48. The van der Waals surface area contributed by atoms with Gasteiger partial charge in [0.2, 0.25) is 0 Å². The van der Waals surface area contributed by atoms with E-state index in [-0.39, 0.29) is 0 Å². The van der Waals surface area contributed by atoms with Gasteiger partial charge in [-0.05, 0) is 24.3 Å². The Labute approximate surface area is 102 Å². The normalized spacial score (nSPS) is 13.1. The van der Waals surface area contributed by atoms with Crippen molar-refractivity contribution < 1.29 is 0 Å². The topological polar surface area (TPSA) is 0 Å². The fourth-order valence-electron chi connectivity index (χ4n) is 1.91. The Balaban J connectivity index is 2.39. The highest BCUT2D eigenvalue weighted by Crippen LogP contribution is 2.30. The first kappa shape index (κ1) is 12.8. The molecule has 1 unspecified atom stereocenters. The molecule has 0 heterocycles. The summed E-state index contributed by atoms with van der Waals surface area (Å²) in [6.07, 6.45) is 5.20. The maximum atomic E-state index is 3.77. The fraction of sp³-hybridized carbons (Fsp3) is 0.571. The highest BCUT2D eigenvalue weighted by molar-refractivity contribution is 9.09. The number of alkyl halides is 1. The van der Waals surface area contributed by atoms with Crippen LogP contribution in [0.3, 0.4) is 0 Å². The zero-order chi connectivity index (χ0) is 11.1. The van der Waals surface area contributed by atoms with Gasteiger partial charge in [0.15, 0.2) is 0 Å². The number of hydrogen-bond acceptors (Lipinski definition) is 0. The van der Waals surface area contributed by atoms with Gasteiger partial charge in [-0.15, -0.1) is 0 Å². The van der Waals surface area contributed by atoms with Crippen molar-refractivity contribution in [1.29, 1.82) is 0 Å². The molecule has 0 aliphatic rings. The maximum Gasteiger partial charge on any atom is 0.0395 e. The SMILES string of the molecule is CCC(CC)CCC(Br)c1ccccc1. The predicted octanol–water partition coefficient (Wildman–Crippen LogP) is 5.34. The Morgan fingerprint density at radius 3 is 2.13 bits per heavy atom. The van der Waals surface area contributed by atoms with Crippen molar-refractivity contribution in [2.75, 3.05) is 0 Å². The predicted molar refractivity (Wildman–Crippen MR) is 71.4 cm³/mol. The van der Waals surface area contributed by atoms with Gasteiger partial charge < -0.3 is 0 Å². The number of benzene rings is 1. The first-order chi connectivity index (χ1) is 7.27. The van der Waals surface area contributed by atoms with Crippen molar-refractivity contribution in [2.45, 2.75) is 44.4 Å². The van der Waals surface area contributed by atoms with Gasteiger partial charge in [-0.1, -0.05) is 73.0 Å². The number of rotatable bonds is 6. The Bertz CT molecular complexity index is 251. The van der Waals surface area contributed by atoms with Crippen LogP contribution in [0.15, 0.2) is 30.3 Å². The Morgan fingerprint density at radius 1 is 1.00 bits per heavy atom. The van der Waals surface area contributed by atoms with Gasteiger partial charge in [0, 0.05) is 4.83 Å². The quantitative estimate of drug-likeness (QED) is 0.611. The second-order valence-corrected chi connectivity index (χ2v) is 5.24. The van der Waals surface area contributed by atoms with Gasteiger partial charge in [0.05, 0.1) is 0 Å². The van der Waals surface area contributed by atoms with Crippen LogP contribution >= 0.6 is 15.9 Å². The third kappa shape index (κ3) is 4.38. The second-order valence-electron chi connectivity index (χ2n) is 4.14. The average Bonchev–Trinajstić information content (AvgIpc) is 2.31. The zero-order valence-corrected chi connectivity index (χ0v) is 11.3. The molecule has 0 aliphatic carbocycles. The molecule has 1 atom stereocenters. The highest BCUT2D eigenvalue weighted by Gasteiger charge is 2.10. The Kier molecular flexibility index (Phi) is 6.00. The Morgan fingerprint density at radius 2 is 1.60 bits per heavy atom. The number of halogens is 1. The van der Waals surface area contributed by atoms with E-state index in [1.807, 2.05) is 0 Å². The van der Waals surface area contributed by atoms with E-state index in [9.17, 15) is 0 Å². The van der Waals surface area contributed by atoms with Crippen molar-refractivity contribution in [1.82, 2.24) is 0 Å². The summed E-state index contributed by atoms with van der Waals surface area (Å²) < 4.78 is 0. The van der Waals surface area contributed by atoms with E-state index in [1.165, 1.54) is 31.2 Å². The summed E-state index contributed by atoms with van der Waals surface area (Å²) in [5.41, 5.74) is 1.41. The monoisotopic (exact) mass is 268 g/mol. The van der Waals surface area contributed by atoms with Crippen LogP contribution < -0.4 is 0 Å². The maximum absolute atomic E-state index is 3.77. The molecule has 1 aromatic carbocycles. The van der Waals surface area contributed by atoms with Gasteiger partial charge in [-0.25, -0.2) is 0 Å². The summed E-state index contributed by atoms with van der Waals surface area (Å²) in [5.74, 6) is 0.897. The molecule has 0 bridgehead atoms. The van der Waals surface area contributed by atoms with E-state index in [4.69, 9.17) is 0 Å². The van der Waals surface area contributed by atoms with E-state index >= 15 is 0 Å². The van der Waals surface area contributed by atoms with E-state index in [2.05, 4.69) is 60.1 Å². The van der Waals surface area contributed by atoms with Crippen LogP contribution in [0.2, 0.25) is 0 Å². The zero-order valence-electron chi connectivity index (χ0n) is 9.75. The third-order valence-corrected chi connectivity index (χ3v) is 4.13. The molecule has 0 aromatic heterocycles. The van der Waals surface area contributed by atoms with E-state index < -0.39 is 0 Å². The van der Waals surface area contributed by atoms with Gasteiger partial charge in [-0.3, -0.25) is 0 Å². The van der Waals surface area contributed by atoms with Crippen LogP contribution in [-0.4, -0.2) is 0 Å². The molecule has 1 aromatic rings. The molecule has 0 aliphatic heterocycles. The molecule has 0 saturated heterocycles. The molecule has 0 amide bonds. The average molecular weight is 269 g/mol. The standard InChI is InChI=1S/C14H21Br/c1-3-12(4-2)10-11-14(15)13-8-6-5-7-9-13/h5-9,12,14H,3-4,10-11H2,1-2H3. The summed E-state index contributed by atoms with van der Waals surface area (Å²) in [6.45, 7) is 4.58. The molecule has 1 heteroatoms. The van der Waals surface area contributed by atoms with Crippen LogP contribution in [-0.2, 0) is 0 Å². The summed E-state index contributed by atoms with van der Waals surface area (Å²) >= 11 is 3.77. The summed E-state index contributed by atoms with van der Waals surface area (Å²) in [5, 5.41) is 0. The highest BCUT2D eigenvalue weighted by atomic mass is 79.9. The third-order valence-electron chi connectivity index (χ3n) is 3.14. The summed E-state index contributed by atoms with van der Waals surface area (Å²) in [4.78, 5) is 0.527. The molecule has 0 fully saturated rings. The van der Waals surface area contributed by atoms with E-state index in [1.54, 1.807) is 0 Å². The van der Waals surface area contributed by atoms with Gasteiger partial charge in [-0.2, -0.15) is 0 Å². The summed E-state index contributed by atoms with van der Waals surface area (Å²) in [7, 11) is 0. The van der Waals surface area contributed by atoms with Crippen LogP contribution in [0.5, 0.6) is 0 Å². The van der Waals surface area contributed by atoms with Gasteiger partial charge in [0.25, 0.3) is 0 Å². The molecule has 0 saturated carbocycles. The lowest BCUT2D eigenvalue weighted by Crippen LogP contribution is -1.99. The lowest BCUT2D eigenvalue weighted by atomic mass is 9.95. The second kappa shape index (κ2) is 7.05. The van der Waals surface area contributed by atoms with Crippen molar-refractivity contribution >= 4 is 15.9 Å². The molecule has 0 spiro atoms. The van der Waals surface area contributed by atoms with Crippen molar-refractivity contribution in [2.24, 2.45) is 5.92 Å². The molecule has 1 rings (SSSR count). The van der Waals surface area contributed by atoms with Gasteiger partial charge in [0.1, 0.15) is 0 Å². The van der Waals surface area contributed by atoms with Crippen molar-refractivity contribution in [3.63, 3.8) is 0 Å². The minimum Gasteiger partial charge on any atom is -0.0839 e. The first-order valence-corrected chi connectivity index (χ1v) is 6.88. The van der Waals surface area contributed by atoms with E-state index in [0.29, 0.717) is 4.83 Å². The Hall–Kier alpha value is -0.300. The lowest BCUT2D eigenvalue weighted by Gasteiger charge is -2.15. The molecular formula is C14H21Br. The van der Waals surface area contributed by atoms with Crippen LogP contribution in [0.25, 0.3) is 0 Å². The molecule has 0 radical (unpaired) electrons. The van der Waals surface area contributed by atoms with Gasteiger partial charge >= 0.3 is 0 Å². The largest absolute Gasteiger partial charge is 0.0839 e. The minimum absolute atomic E-state index is 0.527. The lowest BCUT2D eigenvalue weighted by molar-refractivity contribution is 0.440. The first-order valence-electron chi connectivity index (χ1n) is 5.96. The van der Waals surface area contributed by atoms with Crippen LogP contribution in [0.4, 0.5) is 0 Å². The molecule has 0 nitrogen and oxygen atoms in total. The van der Waals surface area contributed by atoms with Crippen molar-refractivity contribution in [3.8, 4) is 0 Å². The van der Waals surface area contributed by atoms with Crippen LogP contribution in [0.1, 0.15) is 49.9 Å². The van der Waals surface area contributed by atoms with E-state index in [0.717, 1.165) is 5.92 Å². The van der Waals surface area contributed by atoms with Crippen molar-refractivity contribution in [3.05, 3.63) is 35.9 Å². The molecular weight excluding hydrogens is 248 g/mol. The number of hydrogen-bond donors (Lipinski definition) is 0. The van der Waals surface area contributed by atoms with Crippen LogP contribution in [0, 0.1) is 5.92 Å². The molecule has 15 heavy (non-hydrogen) atoms. The molecule has 84 valence electrons.